The van der Waals surface area contributed by atoms with Crippen molar-refractivity contribution in [2.75, 3.05) is 25.0 Å². The summed E-state index contributed by atoms with van der Waals surface area (Å²) in [6.45, 7) is 3.26. The van der Waals surface area contributed by atoms with Crippen molar-refractivity contribution in [2.24, 2.45) is 0 Å². The minimum Gasteiger partial charge on any atom is -0.473 e. The molecule has 1 saturated heterocycles. The number of ether oxygens (including phenoxy) is 1. The molecule has 1 aromatic heterocycles. The molecule has 0 spiro atoms. The number of halogens is 3. The summed E-state index contributed by atoms with van der Waals surface area (Å²) in [4.78, 5) is 22.4. The van der Waals surface area contributed by atoms with Crippen LogP contribution in [-0.2, 0) is 11.0 Å². The van der Waals surface area contributed by atoms with Crippen LogP contribution in [0.4, 0.5) is 18.9 Å². The van der Waals surface area contributed by atoms with Crippen molar-refractivity contribution in [3.05, 3.63) is 47.9 Å². The number of aryl methyl sites for hydroxylation is 1. The van der Waals surface area contributed by atoms with Gasteiger partial charge in [0.15, 0.2) is 0 Å². The molecule has 28 heavy (non-hydrogen) atoms. The van der Waals surface area contributed by atoms with Crippen molar-refractivity contribution in [1.82, 2.24) is 14.9 Å². The molecule has 1 aliphatic heterocycles. The number of nitrogens with one attached hydrogen (secondary N) is 1. The maximum atomic E-state index is 12.8. The Kier molecular flexibility index (Phi) is 6.13. The third-order valence-electron chi connectivity index (χ3n) is 4.40. The smallest absolute Gasteiger partial charge is 0.416 e. The van der Waals surface area contributed by atoms with E-state index in [1.807, 2.05) is 11.8 Å². The zero-order valence-corrected chi connectivity index (χ0v) is 15.4. The van der Waals surface area contributed by atoms with Gasteiger partial charge in [-0.3, -0.25) is 14.7 Å². The molecule has 150 valence electrons. The minimum atomic E-state index is -4.44. The highest BCUT2D eigenvalue weighted by molar-refractivity contribution is 5.92. The van der Waals surface area contributed by atoms with Gasteiger partial charge in [0.1, 0.15) is 6.10 Å². The monoisotopic (exact) mass is 394 g/mol. The van der Waals surface area contributed by atoms with Crippen molar-refractivity contribution in [3.8, 4) is 5.88 Å². The number of rotatable bonds is 5. The quantitative estimate of drug-likeness (QED) is 0.843. The van der Waals surface area contributed by atoms with Gasteiger partial charge >= 0.3 is 6.18 Å². The number of aromatic nitrogens is 2. The van der Waals surface area contributed by atoms with Crippen molar-refractivity contribution in [3.63, 3.8) is 0 Å². The molecule has 1 aliphatic rings. The van der Waals surface area contributed by atoms with E-state index < -0.39 is 11.7 Å². The van der Waals surface area contributed by atoms with Gasteiger partial charge in [0.05, 0.1) is 24.0 Å². The molecule has 0 bridgehead atoms. The second kappa shape index (κ2) is 8.55. The predicted molar refractivity (Wildman–Crippen MR) is 96.9 cm³/mol. The standard InChI is InChI=1S/C19H21F3N4O2/c1-13-10-23-11-18(24-13)28-16-5-7-26(8-6-16)12-17(27)25-15-4-2-3-14(9-15)19(20,21)22/h2-4,9-11,16H,5-8,12H2,1H3,(H,25,27). The second-order valence-corrected chi connectivity index (χ2v) is 6.72. The molecule has 1 N–H and O–H groups in total. The Hall–Kier alpha value is -2.68. The molecule has 1 fully saturated rings. The highest BCUT2D eigenvalue weighted by atomic mass is 19.4. The fourth-order valence-electron chi connectivity index (χ4n) is 3.03. The normalized spacial score (nSPS) is 16.0. The molecular formula is C19H21F3N4O2. The number of carbonyl (C=O) groups is 1. The van der Waals surface area contributed by atoms with E-state index in [4.69, 9.17) is 4.74 Å². The van der Waals surface area contributed by atoms with Gasteiger partial charge in [-0.15, -0.1) is 0 Å². The maximum Gasteiger partial charge on any atom is 0.416 e. The van der Waals surface area contributed by atoms with Crippen LogP contribution in [0.15, 0.2) is 36.7 Å². The molecule has 1 aromatic carbocycles. The van der Waals surface area contributed by atoms with Gasteiger partial charge in [0.2, 0.25) is 11.8 Å². The molecule has 3 rings (SSSR count). The summed E-state index contributed by atoms with van der Waals surface area (Å²) >= 11 is 0. The fourth-order valence-corrected chi connectivity index (χ4v) is 3.03. The van der Waals surface area contributed by atoms with Gasteiger partial charge in [-0.25, -0.2) is 4.98 Å². The van der Waals surface area contributed by atoms with Gasteiger partial charge in [-0.05, 0) is 38.0 Å². The van der Waals surface area contributed by atoms with Crippen molar-refractivity contribution in [2.45, 2.75) is 32.0 Å². The number of nitrogens with zero attached hydrogens (tertiary/aromatic N) is 3. The Morgan fingerprint density at radius 3 is 2.71 bits per heavy atom. The average molecular weight is 394 g/mol. The SMILES string of the molecule is Cc1cncc(OC2CCN(CC(=O)Nc3cccc(C(F)(F)F)c3)CC2)n1. The summed E-state index contributed by atoms with van der Waals surface area (Å²) in [6.07, 6.45) is 0.239. The summed E-state index contributed by atoms with van der Waals surface area (Å²) in [6, 6.07) is 4.62. The zero-order chi connectivity index (χ0) is 20.1. The number of amides is 1. The van der Waals surface area contributed by atoms with Crippen LogP contribution in [0.2, 0.25) is 0 Å². The van der Waals surface area contributed by atoms with Crippen LogP contribution < -0.4 is 10.1 Å². The summed E-state index contributed by atoms with van der Waals surface area (Å²) in [5.74, 6) is 0.143. The van der Waals surface area contributed by atoms with Gasteiger partial charge in [0.25, 0.3) is 0 Å². The number of likely N-dealkylation sites (tertiary alicyclic amines) is 1. The average Bonchev–Trinajstić information content (AvgIpc) is 2.63. The lowest BCUT2D eigenvalue weighted by Crippen LogP contribution is -2.42. The Labute approximate surface area is 160 Å². The summed E-state index contributed by atoms with van der Waals surface area (Å²) in [5.41, 5.74) is 0.125. The fraction of sp³-hybridized carbons (Fsp3) is 0.421. The van der Waals surface area contributed by atoms with Crippen LogP contribution >= 0.6 is 0 Å². The van der Waals surface area contributed by atoms with E-state index in [-0.39, 0.29) is 24.2 Å². The van der Waals surface area contributed by atoms with E-state index in [1.165, 1.54) is 12.1 Å². The first-order chi connectivity index (χ1) is 13.3. The first kappa shape index (κ1) is 20.1. The maximum absolute atomic E-state index is 12.8. The molecule has 2 aromatic rings. The number of benzene rings is 1. The molecular weight excluding hydrogens is 373 g/mol. The lowest BCUT2D eigenvalue weighted by Gasteiger charge is -2.31. The van der Waals surface area contributed by atoms with E-state index in [0.29, 0.717) is 19.0 Å². The highest BCUT2D eigenvalue weighted by Gasteiger charge is 2.30. The van der Waals surface area contributed by atoms with Crippen molar-refractivity contribution < 1.29 is 22.7 Å². The minimum absolute atomic E-state index is 0.00104. The molecule has 0 atom stereocenters. The molecule has 0 unspecified atom stereocenters. The molecule has 9 heteroatoms. The summed E-state index contributed by atoms with van der Waals surface area (Å²) in [7, 11) is 0. The third kappa shape index (κ3) is 5.66. The van der Waals surface area contributed by atoms with Gasteiger partial charge < -0.3 is 10.1 Å². The molecule has 0 aliphatic carbocycles. The Morgan fingerprint density at radius 1 is 1.29 bits per heavy atom. The number of alkyl halides is 3. The first-order valence-electron chi connectivity index (χ1n) is 8.94. The van der Waals surface area contributed by atoms with Crippen molar-refractivity contribution >= 4 is 11.6 Å². The van der Waals surface area contributed by atoms with Crippen LogP contribution in [0.5, 0.6) is 5.88 Å². The summed E-state index contributed by atoms with van der Waals surface area (Å²) in [5, 5.41) is 2.53. The third-order valence-corrected chi connectivity index (χ3v) is 4.40. The first-order valence-corrected chi connectivity index (χ1v) is 8.94. The van der Waals surface area contributed by atoms with Crippen LogP contribution in [0.1, 0.15) is 24.1 Å². The number of anilines is 1. The van der Waals surface area contributed by atoms with Crippen LogP contribution in [0, 0.1) is 6.92 Å². The van der Waals surface area contributed by atoms with E-state index in [1.54, 1.807) is 12.4 Å². The number of hydrogen-bond donors (Lipinski definition) is 1. The molecule has 6 nitrogen and oxygen atoms in total. The number of carbonyl (C=O) groups excluding carboxylic acids is 1. The lowest BCUT2D eigenvalue weighted by atomic mass is 10.1. The van der Waals surface area contributed by atoms with Crippen LogP contribution in [-0.4, -0.2) is 46.5 Å². The van der Waals surface area contributed by atoms with E-state index in [2.05, 4.69) is 15.3 Å². The van der Waals surface area contributed by atoms with Crippen LogP contribution in [0.25, 0.3) is 0 Å². The molecule has 2 heterocycles. The predicted octanol–water partition coefficient (Wildman–Crippen LogP) is 3.29. The number of piperidine rings is 1. The summed E-state index contributed by atoms with van der Waals surface area (Å²) < 4.78 is 44.1. The Balaban J connectivity index is 1.46. The van der Waals surface area contributed by atoms with Gasteiger partial charge in [-0.2, -0.15) is 13.2 Å². The lowest BCUT2D eigenvalue weighted by molar-refractivity contribution is -0.137. The topological polar surface area (TPSA) is 67.3 Å². The Bertz CT molecular complexity index is 821. The van der Waals surface area contributed by atoms with E-state index >= 15 is 0 Å². The van der Waals surface area contributed by atoms with E-state index in [0.717, 1.165) is 30.7 Å². The Morgan fingerprint density at radius 2 is 2.04 bits per heavy atom. The highest BCUT2D eigenvalue weighted by Crippen LogP contribution is 2.30. The van der Waals surface area contributed by atoms with E-state index in [9.17, 15) is 18.0 Å². The molecule has 0 radical (unpaired) electrons. The zero-order valence-electron chi connectivity index (χ0n) is 15.4. The van der Waals surface area contributed by atoms with Gasteiger partial charge in [-0.1, -0.05) is 6.07 Å². The van der Waals surface area contributed by atoms with Gasteiger partial charge in [0, 0.05) is 25.0 Å². The molecule has 1 amide bonds. The van der Waals surface area contributed by atoms with Crippen LogP contribution in [0.3, 0.4) is 0 Å². The second-order valence-electron chi connectivity index (χ2n) is 6.72. The van der Waals surface area contributed by atoms with Crippen molar-refractivity contribution in [1.29, 1.82) is 0 Å². The number of hydrogen-bond acceptors (Lipinski definition) is 5. The molecule has 0 saturated carbocycles. The largest absolute Gasteiger partial charge is 0.473 e.